The first kappa shape index (κ1) is 20.0. The van der Waals surface area contributed by atoms with Gasteiger partial charge in [0.1, 0.15) is 0 Å². The molecular formula is C25H25N3O2. The van der Waals surface area contributed by atoms with Crippen LogP contribution in [0.4, 0.5) is 0 Å². The summed E-state index contributed by atoms with van der Waals surface area (Å²) in [6.45, 7) is 5.11. The summed E-state index contributed by atoms with van der Waals surface area (Å²) in [7, 11) is 0. The van der Waals surface area contributed by atoms with Crippen molar-refractivity contribution in [3.05, 3.63) is 83.9 Å². The zero-order valence-electron chi connectivity index (χ0n) is 17.2. The van der Waals surface area contributed by atoms with Crippen molar-refractivity contribution in [1.29, 1.82) is 0 Å². The lowest BCUT2D eigenvalue weighted by molar-refractivity contribution is 0.191. The van der Waals surface area contributed by atoms with Gasteiger partial charge in [-0.2, -0.15) is 0 Å². The maximum absolute atomic E-state index is 9.33. The lowest BCUT2D eigenvalue weighted by atomic mass is 9.96. The normalized spacial score (nSPS) is 12.1. The summed E-state index contributed by atoms with van der Waals surface area (Å²) in [5.74, 6) is 1.01. The molecule has 30 heavy (non-hydrogen) atoms. The Bertz CT molecular complexity index is 1100. The van der Waals surface area contributed by atoms with Gasteiger partial charge in [0.2, 0.25) is 11.8 Å². The molecule has 0 saturated heterocycles. The molecule has 1 heterocycles. The predicted molar refractivity (Wildman–Crippen MR) is 119 cm³/mol. The van der Waals surface area contributed by atoms with Crippen LogP contribution in [0.5, 0.6) is 0 Å². The minimum Gasteiger partial charge on any atom is -0.416 e. The molecule has 3 aromatic carbocycles. The van der Waals surface area contributed by atoms with Gasteiger partial charge in [0.25, 0.3) is 0 Å². The SMILES string of the molecule is Cc1c(-c2ccccc2)cccc1-c1nnc(-c2ccc(CNC[C@@H](C)O)cc2)o1. The van der Waals surface area contributed by atoms with Crippen LogP contribution in [0.2, 0.25) is 0 Å². The van der Waals surface area contributed by atoms with E-state index in [9.17, 15) is 5.11 Å². The Morgan fingerprint density at radius 3 is 2.27 bits per heavy atom. The van der Waals surface area contributed by atoms with Crippen molar-refractivity contribution in [3.8, 4) is 34.0 Å². The molecule has 0 aliphatic rings. The van der Waals surface area contributed by atoms with E-state index in [1.807, 2.05) is 54.6 Å². The molecule has 0 bridgehead atoms. The van der Waals surface area contributed by atoms with E-state index in [1.54, 1.807) is 6.92 Å². The highest BCUT2D eigenvalue weighted by Gasteiger charge is 2.15. The number of aromatic nitrogens is 2. The minimum absolute atomic E-state index is 0.357. The van der Waals surface area contributed by atoms with Crippen LogP contribution >= 0.6 is 0 Å². The van der Waals surface area contributed by atoms with E-state index in [0.29, 0.717) is 24.9 Å². The Morgan fingerprint density at radius 2 is 1.53 bits per heavy atom. The van der Waals surface area contributed by atoms with Crippen LogP contribution in [0.25, 0.3) is 34.0 Å². The summed E-state index contributed by atoms with van der Waals surface area (Å²) in [6, 6.07) is 24.4. The molecule has 0 aliphatic carbocycles. The standard InChI is InChI=1S/C25H25N3O2/c1-17(29)15-26-16-19-11-13-21(14-12-19)24-27-28-25(30-24)23-10-6-9-22(18(23)2)20-7-4-3-5-8-20/h3-14,17,26,29H,15-16H2,1-2H3/t17-/m1/s1. The number of benzene rings is 3. The van der Waals surface area contributed by atoms with Crippen molar-refractivity contribution in [1.82, 2.24) is 15.5 Å². The van der Waals surface area contributed by atoms with Gasteiger partial charge in [-0.25, -0.2) is 0 Å². The second kappa shape index (κ2) is 9.03. The second-order valence-corrected chi connectivity index (χ2v) is 7.43. The van der Waals surface area contributed by atoms with E-state index < -0.39 is 0 Å². The van der Waals surface area contributed by atoms with Gasteiger partial charge in [-0.1, -0.05) is 54.6 Å². The highest BCUT2D eigenvalue weighted by atomic mass is 16.4. The fourth-order valence-corrected chi connectivity index (χ4v) is 3.44. The number of nitrogens with zero attached hydrogens (tertiary/aromatic N) is 2. The van der Waals surface area contributed by atoms with Crippen molar-refractivity contribution in [3.63, 3.8) is 0 Å². The fraction of sp³-hybridized carbons (Fsp3) is 0.200. The molecule has 4 rings (SSSR count). The topological polar surface area (TPSA) is 71.2 Å². The van der Waals surface area contributed by atoms with E-state index >= 15 is 0 Å². The minimum atomic E-state index is -0.357. The third-order valence-corrected chi connectivity index (χ3v) is 5.04. The lowest BCUT2D eigenvalue weighted by Gasteiger charge is -2.09. The predicted octanol–water partition coefficient (Wildman–Crippen LogP) is 4.85. The number of aliphatic hydroxyl groups is 1. The van der Waals surface area contributed by atoms with Gasteiger partial charge in [0.15, 0.2) is 0 Å². The van der Waals surface area contributed by atoms with Crippen LogP contribution in [0.15, 0.2) is 77.2 Å². The molecule has 0 spiro atoms. The van der Waals surface area contributed by atoms with Crippen LogP contribution < -0.4 is 5.32 Å². The molecule has 2 N–H and O–H groups in total. The third-order valence-electron chi connectivity index (χ3n) is 5.04. The number of aliphatic hydroxyl groups excluding tert-OH is 1. The summed E-state index contributed by atoms with van der Waals surface area (Å²) >= 11 is 0. The van der Waals surface area contributed by atoms with Gasteiger partial charge >= 0.3 is 0 Å². The van der Waals surface area contributed by atoms with Crippen LogP contribution in [-0.2, 0) is 6.54 Å². The van der Waals surface area contributed by atoms with Crippen LogP contribution in [-0.4, -0.2) is 28.0 Å². The fourth-order valence-electron chi connectivity index (χ4n) is 3.44. The Hall–Kier alpha value is -3.28. The van der Waals surface area contributed by atoms with Crippen LogP contribution in [0.3, 0.4) is 0 Å². The molecular weight excluding hydrogens is 374 g/mol. The number of hydrogen-bond acceptors (Lipinski definition) is 5. The molecule has 5 nitrogen and oxygen atoms in total. The largest absolute Gasteiger partial charge is 0.416 e. The quantitative estimate of drug-likeness (QED) is 0.465. The number of rotatable bonds is 7. The molecule has 0 aliphatic heterocycles. The third kappa shape index (κ3) is 4.48. The number of hydrogen-bond donors (Lipinski definition) is 2. The molecule has 0 radical (unpaired) electrons. The lowest BCUT2D eigenvalue weighted by Crippen LogP contribution is -2.23. The van der Waals surface area contributed by atoms with Crippen LogP contribution in [0.1, 0.15) is 18.1 Å². The molecule has 0 saturated carbocycles. The first-order valence-corrected chi connectivity index (χ1v) is 10.1. The van der Waals surface area contributed by atoms with Crippen molar-refractivity contribution in [2.45, 2.75) is 26.5 Å². The summed E-state index contributed by atoms with van der Waals surface area (Å²) < 4.78 is 6.01. The number of nitrogens with one attached hydrogen (secondary N) is 1. The monoisotopic (exact) mass is 399 g/mol. The molecule has 0 amide bonds. The summed E-state index contributed by atoms with van der Waals surface area (Å²) in [6.07, 6.45) is -0.357. The van der Waals surface area contributed by atoms with Crippen molar-refractivity contribution in [2.24, 2.45) is 0 Å². The van der Waals surface area contributed by atoms with Crippen molar-refractivity contribution >= 4 is 0 Å². The van der Waals surface area contributed by atoms with E-state index in [-0.39, 0.29) is 6.10 Å². The van der Waals surface area contributed by atoms with Gasteiger partial charge in [-0.15, -0.1) is 10.2 Å². The van der Waals surface area contributed by atoms with Gasteiger partial charge < -0.3 is 14.8 Å². The maximum Gasteiger partial charge on any atom is 0.248 e. The van der Waals surface area contributed by atoms with E-state index in [1.165, 1.54) is 0 Å². The summed E-state index contributed by atoms with van der Waals surface area (Å²) in [4.78, 5) is 0. The average Bonchev–Trinajstić information content (AvgIpc) is 3.25. The molecule has 0 unspecified atom stereocenters. The van der Waals surface area contributed by atoms with E-state index in [4.69, 9.17) is 4.42 Å². The van der Waals surface area contributed by atoms with Gasteiger partial charge in [-0.3, -0.25) is 0 Å². The second-order valence-electron chi connectivity index (χ2n) is 7.43. The molecule has 1 atom stereocenters. The first-order valence-electron chi connectivity index (χ1n) is 10.1. The van der Waals surface area contributed by atoms with Gasteiger partial charge in [-0.05, 0) is 54.3 Å². The highest BCUT2D eigenvalue weighted by Crippen LogP contribution is 2.32. The Morgan fingerprint density at radius 1 is 0.833 bits per heavy atom. The molecule has 1 aromatic heterocycles. The van der Waals surface area contributed by atoms with Crippen molar-refractivity contribution < 1.29 is 9.52 Å². The molecule has 4 aromatic rings. The average molecular weight is 399 g/mol. The Balaban J connectivity index is 1.55. The molecule has 5 heteroatoms. The maximum atomic E-state index is 9.33. The molecule has 0 fully saturated rings. The first-order chi connectivity index (χ1) is 14.6. The van der Waals surface area contributed by atoms with E-state index in [0.717, 1.165) is 33.4 Å². The molecule has 152 valence electrons. The Kier molecular flexibility index (Phi) is 6.02. The van der Waals surface area contributed by atoms with Crippen molar-refractivity contribution in [2.75, 3.05) is 6.54 Å². The van der Waals surface area contributed by atoms with Gasteiger partial charge in [0, 0.05) is 24.2 Å². The van der Waals surface area contributed by atoms with Gasteiger partial charge in [0.05, 0.1) is 6.10 Å². The van der Waals surface area contributed by atoms with Crippen LogP contribution in [0, 0.1) is 6.92 Å². The zero-order chi connectivity index (χ0) is 20.9. The Labute approximate surface area is 176 Å². The summed E-state index contributed by atoms with van der Waals surface area (Å²) in [5.41, 5.74) is 6.38. The van der Waals surface area contributed by atoms with E-state index in [2.05, 4.69) is 40.6 Å². The highest BCUT2D eigenvalue weighted by molar-refractivity contribution is 5.75. The summed E-state index contributed by atoms with van der Waals surface area (Å²) in [5, 5.41) is 21.1. The smallest absolute Gasteiger partial charge is 0.248 e. The zero-order valence-corrected chi connectivity index (χ0v) is 17.2.